The monoisotopic (exact) mass is 272 g/mol. The predicted octanol–water partition coefficient (Wildman–Crippen LogP) is -1.00. The topological polar surface area (TPSA) is 86.0 Å². The van der Waals surface area contributed by atoms with Crippen molar-refractivity contribution >= 4 is 16.9 Å². The van der Waals surface area contributed by atoms with Crippen LogP contribution in [0.4, 0.5) is 0 Å². The summed E-state index contributed by atoms with van der Waals surface area (Å²) in [6, 6.07) is 2.88. The van der Waals surface area contributed by atoms with E-state index >= 15 is 0 Å². The normalized spacial score (nSPS) is 10.2. The first-order valence-electron chi connectivity index (χ1n) is 5.75. The SMILES string of the molecule is C#CCNC(=O)c1ccc2c(=O)n(C)c(=O)n(C)c2n1. The van der Waals surface area contributed by atoms with E-state index in [0.29, 0.717) is 0 Å². The maximum atomic E-state index is 11.9. The Hall–Kier alpha value is -2.88. The fourth-order valence-electron chi connectivity index (χ4n) is 1.80. The number of amides is 1. The standard InChI is InChI=1S/C13H12N4O3/c1-4-7-14-11(18)9-6-5-8-10(15-9)16(2)13(20)17(3)12(8)19/h1,5-6H,7H2,2-3H3,(H,14,18). The second-order valence-corrected chi connectivity index (χ2v) is 4.16. The summed E-state index contributed by atoms with van der Waals surface area (Å²) in [5.41, 5.74) is -0.704. The van der Waals surface area contributed by atoms with Crippen molar-refractivity contribution in [1.82, 2.24) is 19.4 Å². The number of nitrogens with zero attached hydrogens (tertiary/aromatic N) is 3. The van der Waals surface area contributed by atoms with Crippen LogP contribution in [0.1, 0.15) is 10.5 Å². The molecular weight excluding hydrogens is 260 g/mol. The van der Waals surface area contributed by atoms with Crippen molar-refractivity contribution in [2.24, 2.45) is 14.1 Å². The van der Waals surface area contributed by atoms with Crippen molar-refractivity contribution in [1.29, 1.82) is 0 Å². The molecule has 0 aliphatic rings. The van der Waals surface area contributed by atoms with Crippen LogP contribution >= 0.6 is 0 Å². The van der Waals surface area contributed by atoms with Gasteiger partial charge in [0.05, 0.1) is 11.9 Å². The highest BCUT2D eigenvalue weighted by Crippen LogP contribution is 2.06. The molecule has 0 radical (unpaired) electrons. The zero-order chi connectivity index (χ0) is 14.9. The van der Waals surface area contributed by atoms with E-state index < -0.39 is 17.2 Å². The molecule has 2 aromatic rings. The number of aryl methyl sites for hydroxylation is 1. The summed E-state index contributed by atoms with van der Waals surface area (Å²) in [5.74, 6) is 1.81. The number of hydrogen-bond donors (Lipinski definition) is 1. The van der Waals surface area contributed by atoms with Gasteiger partial charge in [0, 0.05) is 14.1 Å². The molecule has 7 heteroatoms. The average molecular weight is 272 g/mol. The van der Waals surface area contributed by atoms with E-state index in [2.05, 4.69) is 16.2 Å². The van der Waals surface area contributed by atoms with Crippen LogP contribution < -0.4 is 16.6 Å². The maximum Gasteiger partial charge on any atom is 0.332 e. The lowest BCUT2D eigenvalue weighted by molar-refractivity contribution is 0.0954. The summed E-state index contributed by atoms with van der Waals surface area (Å²) in [6.45, 7) is 0.0774. The number of carbonyl (C=O) groups is 1. The van der Waals surface area contributed by atoms with Gasteiger partial charge in [-0.1, -0.05) is 5.92 Å². The van der Waals surface area contributed by atoms with Gasteiger partial charge in [-0.15, -0.1) is 6.42 Å². The number of aromatic nitrogens is 3. The number of pyridine rings is 1. The molecule has 0 saturated heterocycles. The molecule has 7 nitrogen and oxygen atoms in total. The van der Waals surface area contributed by atoms with Crippen LogP contribution in [0.25, 0.3) is 11.0 Å². The minimum atomic E-state index is -0.504. The van der Waals surface area contributed by atoms with E-state index in [9.17, 15) is 14.4 Å². The molecule has 1 N–H and O–H groups in total. The molecule has 20 heavy (non-hydrogen) atoms. The van der Waals surface area contributed by atoms with Crippen molar-refractivity contribution in [2.45, 2.75) is 0 Å². The van der Waals surface area contributed by atoms with Gasteiger partial charge >= 0.3 is 5.69 Å². The zero-order valence-electron chi connectivity index (χ0n) is 11.0. The summed E-state index contributed by atoms with van der Waals surface area (Å²) in [7, 11) is 2.87. The molecule has 0 spiro atoms. The van der Waals surface area contributed by atoms with Gasteiger partial charge in [-0.3, -0.25) is 18.7 Å². The van der Waals surface area contributed by atoms with Crippen LogP contribution in [0.5, 0.6) is 0 Å². The second kappa shape index (κ2) is 5.01. The Morgan fingerprint density at radius 3 is 2.70 bits per heavy atom. The molecule has 0 atom stereocenters. The lowest BCUT2D eigenvalue weighted by atomic mass is 10.2. The molecule has 2 aromatic heterocycles. The van der Waals surface area contributed by atoms with Crippen molar-refractivity contribution < 1.29 is 4.79 Å². The number of carbonyl (C=O) groups excluding carboxylic acids is 1. The van der Waals surface area contributed by atoms with Gasteiger partial charge in [0.15, 0.2) is 0 Å². The Kier molecular flexibility index (Phi) is 3.39. The van der Waals surface area contributed by atoms with Gasteiger partial charge in [-0.2, -0.15) is 0 Å². The predicted molar refractivity (Wildman–Crippen MR) is 73.4 cm³/mol. The molecule has 0 aliphatic heterocycles. The van der Waals surface area contributed by atoms with E-state index in [4.69, 9.17) is 6.42 Å². The van der Waals surface area contributed by atoms with E-state index in [1.54, 1.807) is 0 Å². The van der Waals surface area contributed by atoms with E-state index in [0.717, 1.165) is 4.57 Å². The first-order chi connectivity index (χ1) is 9.47. The highest BCUT2D eigenvalue weighted by atomic mass is 16.2. The van der Waals surface area contributed by atoms with E-state index in [-0.39, 0.29) is 23.3 Å². The number of fused-ring (bicyclic) bond motifs is 1. The van der Waals surface area contributed by atoms with Crippen LogP contribution in [0, 0.1) is 12.3 Å². The Bertz CT molecular complexity index is 855. The fraction of sp³-hybridized carbons (Fsp3) is 0.231. The fourth-order valence-corrected chi connectivity index (χ4v) is 1.80. The number of terminal acetylenes is 1. The van der Waals surface area contributed by atoms with Crippen LogP contribution in [-0.4, -0.2) is 26.6 Å². The molecule has 0 aliphatic carbocycles. The molecule has 0 aromatic carbocycles. The third kappa shape index (κ3) is 2.07. The largest absolute Gasteiger partial charge is 0.340 e. The highest BCUT2D eigenvalue weighted by molar-refractivity contribution is 5.94. The Morgan fingerprint density at radius 1 is 1.35 bits per heavy atom. The van der Waals surface area contributed by atoms with Crippen LogP contribution in [0.3, 0.4) is 0 Å². The molecular formula is C13H12N4O3. The van der Waals surface area contributed by atoms with Gasteiger partial charge in [-0.05, 0) is 12.1 Å². The molecule has 102 valence electrons. The average Bonchev–Trinajstić information content (AvgIpc) is 2.47. The van der Waals surface area contributed by atoms with Gasteiger partial charge in [0.1, 0.15) is 11.3 Å². The summed E-state index contributed by atoms with van der Waals surface area (Å²) >= 11 is 0. The Balaban J connectivity index is 2.67. The lowest BCUT2D eigenvalue weighted by Gasteiger charge is -2.08. The summed E-state index contributed by atoms with van der Waals surface area (Å²) < 4.78 is 2.21. The molecule has 0 unspecified atom stereocenters. The molecule has 0 fully saturated rings. The first kappa shape index (κ1) is 13.5. The second-order valence-electron chi connectivity index (χ2n) is 4.16. The van der Waals surface area contributed by atoms with Crippen molar-refractivity contribution in [3.8, 4) is 12.3 Å². The van der Waals surface area contributed by atoms with Gasteiger partial charge in [-0.25, -0.2) is 9.78 Å². The van der Waals surface area contributed by atoms with Gasteiger partial charge in [0.25, 0.3) is 11.5 Å². The molecule has 2 heterocycles. The van der Waals surface area contributed by atoms with Crippen LogP contribution in [0.2, 0.25) is 0 Å². The minimum Gasteiger partial charge on any atom is -0.340 e. The van der Waals surface area contributed by atoms with Gasteiger partial charge < -0.3 is 5.32 Å². The van der Waals surface area contributed by atoms with Crippen LogP contribution in [-0.2, 0) is 14.1 Å². The molecule has 0 saturated carbocycles. The van der Waals surface area contributed by atoms with E-state index in [1.165, 1.54) is 30.8 Å². The highest BCUT2D eigenvalue weighted by Gasteiger charge is 2.13. The summed E-state index contributed by atoms with van der Waals surface area (Å²) in [4.78, 5) is 39.6. The molecule has 2 rings (SSSR count). The Labute approximate surface area is 113 Å². The molecule has 0 bridgehead atoms. The lowest BCUT2D eigenvalue weighted by Crippen LogP contribution is -2.37. The molecule has 1 amide bonds. The first-order valence-corrected chi connectivity index (χ1v) is 5.75. The maximum absolute atomic E-state index is 11.9. The zero-order valence-corrected chi connectivity index (χ0v) is 11.0. The van der Waals surface area contributed by atoms with Crippen molar-refractivity contribution in [3.63, 3.8) is 0 Å². The summed E-state index contributed by atoms with van der Waals surface area (Å²) in [6.07, 6.45) is 5.05. The quantitative estimate of drug-likeness (QED) is 0.710. The third-order valence-electron chi connectivity index (χ3n) is 2.89. The number of rotatable bonds is 2. The smallest absolute Gasteiger partial charge is 0.332 e. The van der Waals surface area contributed by atoms with Crippen LogP contribution in [0.15, 0.2) is 21.7 Å². The van der Waals surface area contributed by atoms with Gasteiger partial charge in [0.2, 0.25) is 0 Å². The minimum absolute atomic E-state index is 0.0774. The van der Waals surface area contributed by atoms with E-state index in [1.807, 2.05) is 0 Å². The van der Waals surface area contributed by atoms with Crippen molar-refractivity contribution in [3.05, 3.63) is 38.7 Å². The third-order valence-corrected chi connectivity index (χ3v) is 2.89. The number of nitrogens with one attached hydrogen (secondary N) is 1. The summed E-state index contributed by atoms with van der Waals surface area (Å²) in [5, 5.41) is 2.73. The number of hydrogen-bond acceptors (Lipinski definition) is 4. The Morgan fingerprint density at radius 2 is 2.05 bits per heavy atom. The van der Waals surface area contributed by atoms with Crippen molar-refractivity contribution in [2.75, 3.05) is 6.54 Å².